The van der Waals surface area contributed by atoms with E-state index >= 15 is 0 Å². The van der Waals surface area contributed by atoms with Gasteiger partial charge in [-0.25, -0.2) is 18.3 Å². The van der Waals surface area contributed by atoms with Crippen molar-refractivity contribution < 1.29 is 13.6 Å². The van der Waals surface area contributed by atoms with E-state index < -0.39 is 11.6 Å². The molecule has 0 bridgehead atoms. The molecule has 7 heteroatoms. The second-order valence-electron chi connectivity index (χ2n) is 6.55. The normalized spacial score (nSPS) is 11.2. The van der Waals surface area contributed by atoms with Gasteiger partial charge in [0.05, 0.1) is 5.69 Å². The van der Waals surface area contributed by atoms with Crippen LogP contribution in [0.4, 0.5) is 14.5 Å². The Morgan fingerprint density at radius 1 is 1.15 bits per heavy atom. The molecule has 27 heavy (non-hydrogen) atoms. The predicted molar refractivity (Wildman–Crippen MR) is 99.9 cm³/mol. The molecule has 5 nitrogen and oxygen atoms in total. The van der Waals surface area contributed by atoms with E-state index in [0.717, 1.165) is 40.4 Å². The highest BCUT2D eigenvalue weighted by Gasteiger charge is 2.18. The molecule has 0 aliphatic heterocycles. The Labute approximate surface area is 156 Å². The van der Waals surface area contributed by atoms with Gasteiger partial charge >= 0.3 is 0 Å². The van der Waals surface area contributed by atoms with Crippen LogP contribution in [-0.2, 0) is 11.2 Å². The molecule has 1 amide bonds. The first kappa shape index (κ1) is 18.9. The van der Waals surface area contributed by atoms with Crippen LogP contribution >= 0.6 is 0 Å². The molecular weight excluding hydrogens is 350 g/mol. The average molecular weight is 372 g/mol. The van der Waals surface area contributed by atoms with Crippen molar-refractivity contribution in [2.24, 2.45) is 0 Å². The number of carbonyl (C=O) groups is 1. The van der Waals surface area contributed by atoms with E-state index in [1.54, 1.807) is 11.4 Å². The molecule has 2 heterocycles. The predicted octanol–water partition coefficient (Wildman–Crippen LogP) is 3.92. The lowest BCUT2D eigenvalue weighted by Gasteiger charge is -2.21. The first-order valence-corrected chi connectivity index (χ1v) is 8.89. The van der Waals surface area contributed by atoms with Gasteiger partial charge in [-0.2, -0.15) is 5.10 Å². The summed E-state index contributed by atoms with van der Waals surface area (Å²) in [5.41, 5.74) is 4.81. The third kappa shape index (κ3) is 3.67. The molecule has 0 N–H and O–H groups in total. The molecule has 0 saturated carbocycles. The molecule has 0 saturated heterocycles. The molecule has 3 aromatic rings. The summed E-state index contributed by atoms with van der Waals surface area (Å²) in [4.78, 5) is 18.7. The maximum Gasteiger partial charge on any atom is 0.227 e. The van der Waals surface area contributed by atoms with Crippen LogP contribution in [0, 0.1) is 32.4 Å². The Kier molecular flexibility index (Phi) is 5.21. The SMILES string of the molecule is CCN(C(=O)CCc1c(C)nc2cc(C)nn2c1C)c1ccc(F)c(F)c1. The molecule has 0 aliphatic rings. The van der Waals surface area contributed by atoms with Crippen molar-refractivity contribution in [2.75, 3.05) is 11.4 Å². The Balaban J connectivity index is 1.81. The number of halogens is 2. The fraction of sp³-hybridized carbons (Fsp3) is 0.350. The molecular formula is C20H22F2N4O. The lowest BCUT2D eigenvalue weighted by Crippen LogP contribution is -2.31. The van der Waals surface area contributed by atoms with Crippen molar-refractivity contribution in [2.45, 2.75) is 40.5 Å². The lowest BCUT2D eigenvalue weighted by atomic mass is 10.1. The van der Waals surface area contributed by atoms with E-state index in [2.05, 4.69) is 10.1 Å². The highest BCUT2D eigenvalue weighted by Crippen LogP contribution is 2.21. The quantitative estimate of drug-likeness (QED) is 0.682. The smallest absolute Gasteiger partial charge is 0.227 e. The first-order chi connectivity index (χ1) is 12.8. The number of aryl methyl sites for hydroxylation is 3. The van der Waals surface area contributed by atoms with E-state index in [-0.39, 0.29) is 12.3 Å². The third-order valence-electron chi connectivity index (χ3n) is 4.71. The van der Waals surface area contributed by atoms with Crippen molar-refractivity contribution in [3.8, 4) is 0 Å². The van der Waals surface area contributed by atoms with Crippen LogP contribution in [0.25, 0.3) is 5.65 Å². The van der Waals surface area contributed by atoms with E-state index in [0.29, 0.717) is 18.7 Å². The Hall–Kier alpha value is -2.83. The third-order valence-corrected chi connectivity index (χ3v) is 4.71. The summed E-state index contributed by atoms with van der Waals surface area (Å²) < 4.78 is 28.5. The number of anilines is 1. The summed E-state index contributed by atoms with van der Waals surface area (Å²) in [5.74, 6) is -2.05. The minimum Gasteiger partial charge on any atom is -0.313 e. The van der Waals surface area contributed by atoms with E-state index in [4.69, 9.17) is 0 Å². The molecule has 0 atom stereocenters. The van der Waals surface area contributed by atoms with Gasteiger partial charge in [-0.05, 0) is 51.8 Å². The summed E-state index contributed by atoms with van der Waals surface area (Å²) in [5, 5.41) is 4.44. The zero-order chi connectivity index (χ0) is 19.7. The second-order valence-corrected chi connectivity index (χ2v) is 6.55. The van der Waals surface area contributed by atoms with Gasteiger partial charge in [0.1, 0.15) is 0 Å². The van der Waals surface area contributed by atoms with Crippen molar-refractivity contribution in [3.63, 3.8) is 0 Å². The molecule has 1 aromatic carbocycles. The van der Waals surface area contributed by atoms with Crippen molar-refractivity contribution in [3.05, 3.63) is 58.5 Å². The fourth-order valence-corrected chi connectivity index (χ4v) is 3.33. The Morgan fingerprint density at radius 3 is 2.56 bits per heavy atom. The van der Waals surface area contributed by atoms with Gasteiger partial charge in [0.25, 0.3) is 0 Å². The van der Waals surface area contributed by atoms with Gasteiger partial charge in [0, 0.05) is 42.2 Å². The van der Waals surface area contributed by atoms with Crippen LogP contribution < -0.4 is 4.90 Å². The topological polar surface area (TPSA) is 50.5 Å². The zero-order valence-electron chi connectivity index (χ0n) is 15.9. The van der Waals surface area contributed by atoms with Crippen LogP contribution in [0.3, 0.4) is 0 Å². The number of fused-ring (bicyclic) bond motifs is 1. The minimum absolute atomic E-state index is 0.154. The number of nitrogens with zero attached hydrogens (tertiary/aromatic N) is 4. The zero-order valence-corrected chi connectivity index (χ0v) is 15.9. The number of amides is 1. The van der Waals surface area contributed by atoms with Gasteiger partial charge in [0.2, 0.25) is 5.91 Å². The number of hydrogen-bond acceptors (Lipinski definition) is 3. The number of aromatic nitrogens is 3. The summed E-state index contributed by atoms with van der Waals surface area (Å²) in [6, 6.07) is 5.41. The number of hydrogen-bond donors (Lipinski definition) is 0. The van der Waals surface area contributed by atoms with E-state index in [9.17, 15) is 13.6 Å². The summed E-state index contributed by atoms with van der Waals surface area (Å²) >= 11 is 0. The van der Waals surface area contributed by atoms with Crippen molar-refractivity contribution in [1.29, 1.82) is 0 Å². The summed E-state index contributed by atoms with van der Waals surface area (Å²) in [7, 11) is 0. The number of carbonyl (C=O) groups excluding carboxylic acids is 1. The average Bonchev–Trinajstić information content (AvgIpc) is 2.99. The highest BCUT2D eigenvalue weighted by molar-refractivity contribution is 5.93. The van der Waals surface area contributed by atoms with Crippen LogP contribution in [0.15, 0.2) is 24.3 Å². The summed E-state index contributed by atoms with van der Waals surface area (Å²) in [6.45, 7) is 7.96. The Bertz CT molecular complexity index is 1010. The van der Waals surface area contributed by atoms with Crippen molar-refractivity contribution >= 4 is 17.2 Å². The van der Waals surface area contributed by atoms with Crippen LogP contribution in [0.1, 0.15) is 36.0 Å². The highest BCUT2D eigenvalue weighted by atomic mass is 19.2. The van der Waals surface area contributed by atoms with Gasteiger partial charge in [-0.1, -0.05) is 0 Å². The molecule has 0 spiro atoms. The van der Waals surface area contributed by atoms with Gasteiger partial charge in [-0.15, -0.1) is 0 Å². The molecule has 0 aliphatic carbocycles. The number of rotatable bonds is 5. The molecule has 0 radical (unpaired) electrons. The molecule has 0 fully saturated rings. The fourth-order valence-electron chi connectivity index (χ4n) is 3.33. The monoisotopic (exact) mass is 372 g/mol. The lowest BCUT2D eigenvalue weighted by molar-refractivity contribution is -0.118. The van der Waals surface area contributed by atoms with Gasteiger partial charge in [-0.3, -0.25) is 4.79 Å². The maximum absolute atomic E-state index is 13.5. The maximum atomic E-state index is 13.5. The van der Waals surface area contributed by atoms with Gasteiger partial charge < -0.3 is 4.90 Å². The standard InChI is InChI=1S/C20H22F2N4O/c1-5-25(15-6-8-17(21)18(22)11-15)20(27)9-7-16-13(3)23-19-10-12(2)24-26(19)14(16)4/h6,8,10-11H,5,7,9H2,1-4H3. The largest absolute Gasteiger partial charge is 0.313 e. The molecule has 3 rings (SSSR count). The number of benzene rings is 1. The summed E-state index contributed by atoms with van der Waals surface area (Å²) in [6.07, 6.45) is 0.737. The minimum atomic E-state index is -0.964. The Morgan fingerprint density at radius 2 is 1.89 bits per heavy atom. The van der Waals surface area contributed by atoms with Crippen LogP contribution in [-0.4, -0.2) is 27.0 Å². The molecule has 142 valence electrons. The molecule has 2 aromatic heterocycles. The van der Waals surface area contributed by atoms with Crippen LogP contribution in [0.5, 0.6) is 0 Å². The first-order valence-electron chi connectivity index (χ1n) is 8.89. The molecule has 0 unspecified atom stereocenters. The second kappa shape index (κ2) is 7.42. The van der Waals surface area contributed by atoms with E-state index in [1.807, 2.05) is 26.8 Å². The van der Waals surface area contributed by atoms with E-state index in [1.165, 1.54) is 11.0 Å². The van der Waals surface area contributed by atoms with Crippen molar-refractivity contribution in [1.82, 2.24) is 14.6 Å². The van der Waals surface area contributed by atoms with Gasteiger partial charge in [0.15, 0.2) is 17.3 Å². The van der Waals surface area contributed by atoms with Crippen LogP contribution in [0.2, 0.25) is 0 Å².